The van der Waals surface area contributed by atoms with Crippen molar-refractivity contribution in [2.45, 2.75) is 62.8 Å². The summed E-state index contributed by atoms with van der Waals surface area (Å²) in [7, 11) is 0. The second-order valence-electron chi connectivity index (χ2n) is 11.3. The van der Waals surface area contributed by atoms with Crippen molar-refractivity contribution in [2.75, 3.05) is 37.7 Å². The lowest BCUT2D eigenvalue weighted by Gasteiger charge is -2.34. The van der Waals surface area contributed by atoms with Crippen LogP contribution in [-0.4, -0.2) is 76.9 Å². The Kier molecular flexibility index (Phi) is 6.42. The van der Waals surface area contributed by atoms with Gasteiger partial charge in [-0.05, 0) is 63.7 Å². The van der Waals surface area contributed by atoms with E-state index in [0.29, 0.717) is 43.0 Å². The Balaban J connectivity index is 1.32. The monoisotopic (exact) mass is 558 g/mol. The normalized spacial score (nSPS) is 23.8. The van der Waals surface area contributed by atoms with Crippen molar-refractivity contribution in [1.29, 1.82) is 0 Å². The van der Waals surface area contributed by atoms with Crippen molar-refractivity contribution in [3.63, 3.8) is 0 Å². The summed E-state index contributed by atoms with van der Waals surface area (Å²) < 4.78 is 67.5. The van der Waals surface area contributed by atoms with Gasteiger partial charge in [0.25, 0.3) is 0 Å². The molecule has 1 aromatic carbocycles. The van der Waals surface area contributed by atoms with Gasteiger partial charge in [-0.2, -0.15) is 18.7 Å². The average molecular weight is 559 g/mol. The molecule has 4 aliphatic rings. The van der Waals surface area contributed by atoms with Crippen molar-refractivity contribution in [3.05, 3.63) is 36.0 Å². The molecule has 12 heteroatoms. The molecule has 2 aromatic heterocycles. The van der Waals surface area contributed by atoms with Crippen LogP contribution >= 0.6 is 0 Å². The summed E-state index contributed by atoms with van der Waals surface area (Å²) in [5.41, 5.74) is -0.684. The van der Waals surface area contributed by atoms with Crippen molar-refractivity contribution < 1.29 is 27.0 Å². The molecule has 2 atom stereocenters. The van der Waals surface area contributed by atoms with Crippen LogP contribution in [0.15, 0.2) is 24.4 Å². The lowest BCUT2D eigenvalue weighted by Crippen LogP contribution is -2.51. The number of ether oxygens (including phenoxy) is 2. The highest BCUT2D eigenvalue weighted by atomic mass is 19.3. The highest BCUT2D eigenvalue weighted by molar-refractivity contribution is 5.92. The molecule has 0 radical (unpaired) electrons. The Bertz CT molecular complexity index is 1420. The van der Waals surface area contributed by atoms with Crippen LogP contribution < -0.4 is 19.7 Å². The second-order valence-corrected chi connectivity index (χ2v) is 11.3. The lowest BCUT2D eigenvalue weighted by molar-refractivity contribution is -0.0518. The molecule has 0 amide bonds. The summed E-state index contributed by atoms with van der Waals surface area (Å²) in [6.07, 6.45) is 7.80. The van der Waals surface area contributed by atoms with E-state index in [-0.39, 0.29) is 28.3 Å². The zero-order valence-electron chi connectivity index (χ0n) is 21.9. The Morgan fingerprint density at radius 1 is 1.05 bits per heavy atom. The Morgan fingerprint density at radius 3 is 2.52 bits per heavy atom. The fraction of sp³-hybridized carbons (Fsp3) is 0.536. The van der Waals surface area contributed by atoms with E-state index in [0.717, 1.165) is 57.7 Å². The molecule has 4 saturated heterocycles. The van der Waals surface area contributed by atoms with E-state index in [1.165, 1.54) is 18.3 Å². The van der Waals surface area contributed by atoms with Crippen molar-refractivity contribution >= 4 is 16.7 Å². The molecule has 6 heterocycles. The molecule has 4 fully saturated rings. The number of aromatic nitrogens is 3. The summed E-state index contributed by atoms with van der Waals surface area (Å²) in [5, 5.41) is 3.96. The highest BCUT2D eigenvalue weighted by Crippen LogP contribution is 2.41. The van der Waals surface area contributed by atoms with Crippen LogP contribution in [0.4, 0.5) is 23.4 Å². The van der Waals surface area contributed by atoms with Crippen LogP contribution in [0, 0.1) is 11.6 Å². The van der Waals surface area contributed by atoms with Crippen LogP contribution in [0.5, 0.6) is 11.8 Å². The Hall–Kier alpha value is -3.25. The summed E-state index contributed by atoms with van der Waals surface area (Å²) >= 11 is 0. The van der Waals surface area contributed by atoms with Gasteiger partial charge in [-0.3, -0.25) is 9.88 Å². The van der Waals surface area contributed by atoms with Gasteiger partial charge in [0.15, 0.2) is 17.4 Å². The van der Waals surface area contributed by atoms with Gasteiger partial charge in [0, 0.05) is 36.9 Å². The first-order chi connectivity index (χ1) is 19.4. The second kappa shape index (κ2) is 9.99. The minimum absolute atomic E-state index is 0.0563. The molecule has 40 heavy (non-hydrogen) atoms. The number of nitrogens with one attached hydrogen (secondary N) is 1. The molecule has 212 valence electrons. The molecule has 3 aromatic rings. The van der Waals surface area contributed by atoms with E-state index in [4.69, 9.17) is 9.72 Å². The summed E-state index contributed by atoms with van der Waals surface area (Å²) in [6.45, 7) is 0.578. The Labute approximate surface area is 228 Å². The number of rotatable bonds is 7. The first kappa shape index (κ1) is 25.7. The number of hydrogen-bond acceptors (Lipinski definition) is 8. The number of alkyl halides is 2. The van der Waals surface area contributed by atoms with Crippen LogP contribution in [0.3, 0.4) is 0 Å². The number of benzene rings is 1. The molecular formula is C28H30F4N6O2. The first-order valence-corrected chi connectivity index (χ1v) is 13.9. The van der Waals surface area contributed by atoms with Gasteiger partial charge < -0.3 is 19.7 Å². The molecule has 8 nitrogen and oxygen atoms in total. The minimum Gasteiger partial charge on any atom is -0.461 e. The molecule has 4 aliphatic heterocycles. The molecule has 0 spiro atoms. The number of piperazine rings is 1. The maximum absolute atomic E-state index is 16.2. The third-order valence-corrected chi connectivity index (χ3v) is 8.87. The first-order valence-electron chi connectivity index (χ1n) is 13.9. The summed E-state index contributed by atoms with van der Waals surface area (Å²) in [5.74, 6) is -2.17. The zero-order valence-corrected chi connectivity index (χ0v) is 21.9. The van der Waals surface area contributed by atoms with E-state index >= 15 is 4.39 Å². The molecule has 0 aliphatic carbocycles. The van der Waals surface area contributed by atoms with E-state index in [2.05, 4.69) is 29.8 Å². The quantitative estimate of drug-likeness (QED) is 0.425. The predicted molar refractivity (Wildman–Crippen MR) is 140 cm³/mol. The summed E-state index contributed by atoms with van der Waals surface area (Å²) in [6, 6.07) is 4.21. The third kappa shape index (κ3) is 4.41. The molecule has 7 rings (SSSR count). The van der Waals surface area contributed by atoms with Gasteiger partial charge in [0.05, 0.1) is 10.9 Å². The number of para-hydroxylation sites is 1. The van der Waals surface area contributed by atoms with E-state index in [1.807, 2.05) is 0 Å². The number of pyridine rings is 1. The third-order valence-electron chi connectivity index (χ3n) is 8.87. The van der Waals surface area contributed by atoms with E-state index < -0.39 is 24.0 Å². The standard InChI is InChI=1S/C28H30F4N6O2/c29-20-5-1-4-18(24(20)40-26(31)32)22-21(30)23-19(12-33-22)25(37-13-16-6-7-17(14-37)34-16)36-27(35-23)39-15-28-8-2-10-38(28)11-3-9-28/h1,4-5,12,16-17,26,34H,2-3,6-11,13-15H2. The topological polar surface area (TPSA) is 75.6 Å². The van der Waals surface area contributed by atoms with Gasteiger partial charge in [0.2, 0.25) is 0 Å². The van der Waals surface area contributed by atoms with Gasteiger partial charge in [-0.15, -0.1) is 0 Å². The van der Waals surface area contributed by atoms with Crippen LogP contribution in [0.25, 0.3) is 22.2 Å². The molecule has 2 unspecified atom stereocenters. The number of halogens is 4. The average Bonchev–Trinajstić information content (AvgIpc) is 3.62. The maximum Gasteiger partial charge on any atom is 0.387 e. The number of nitrogens with zero attached hydrogens (tertiary/aromatic N) is 5. The van der Waals surface area contributed by atoms with Gasteiger partial charge in [-0.25, -0.2) is 8.78 Å². The fourth-order valence-corrected chi connectivity index (χ4v) is 7.05. The van der Waals surface area contributed by atoms with Crippen LogP contribution in [0.2, 0.25) is 0 Å². The molecule has 1 N–H and O–H groups in total. The molecule has 0 saturated carbocycles. The van der Waals surface area contributed by atoms with Crippen LogP contribution in [-0.2, 0) is 0 Å². The number of hydrogen-bond donors (Lipinski definition) is 1. The van der Waals surface area contributed by atoms with E-state index in [9.17, 15) is 13.2 Å². The largest absolute Gasteiger partial charge is 0.461 e. The summed E-state index contributed by atoms with van der Waals surface area (Å²) in [4.78, 5) is 18.0. The highest BCUT2D eigenvalue weighted by Gasteiger charge is 2.45. The van der Waals surface area contributed by atoms with Gasteiger partial charge >= 0.3 is 12.6 Å². The van der Waals surface area contributed by atoms with Crippen LogP contribution in [0.1, 0.15) is 38.5 Å². The Morgan fingerprint density at radius 2 is 1.80 bits per heavy atom. The smallest absolute Gasteiger partial charge is 0.387 e. The van der Waals surface area contributed by atoms with E-state index in [1.54, 1.807) is 0 Å². The zero-order chi connectivity index (χ0) is 27.4. The SMILES string of the molecule is Fc1cccc(-c2ncc3c(N4CC5CCC(C4)N5)nc(OCC45CCCN4CCC5)nc3c2F)c1OC(F)F. The minimum atomic E-state index is -3.29. The molecular weight excluding hydrogens is 528 g/mol. The number of anilines is 1. The molecule has 2 bridgehead atoms. The van der Waals surface area contributed by atoms with Crippen molar-refractivity contribution in [3.8, 4) is 23.0 Å². The van der Waals surface area contributed by atoms with Gasteiger partial charge in [0.1, 0.15) is 23.6 Å². The van der Waals surface area contributed by atoms with Gasteiger partial charge in [-0.1, -0.05) is 6.07 Å². The predicted octanol–water partition coefficient (Wildman–Crippen LogP) is 4.52. The lowest BCUT2D eigenvalue weighted by atomic mass is 9.95. The van der Waals surface area contributed by atoms with Crippen molar-refractivity contribution in [2.24, 2.45) is 0 Å². The van der Waals surface area contributed by atoms with Crippen molar-refractivity contribution in [1.82, 2.24) is 25.2 Å². The fourth-order valence-electron chi connectivity index (χ4n) is 7.05. The number of fused-ring (bicyclic) bond motifs is 4. The maximum atomic E-state index is 16.2.